The summed E-state index contributed by atoms with van der Waals surface area (Å²) in [5, 5.41) is 0. The van der Waals surface area contributed by atoms with Crippen LogP contribution in [0.4, 0.5) is 0 Å². The summed E-state index contributed by atoms with van der Waals surface area (Å²) in [6, 6.07) is 7.18. The third-order valence-electron chi connectivity index (χ3n) is 3.97. The minimum atomic E-state index is -1.11. The number of carbonyl (C=O) groups is 2. The molecule has 0 saturated heterocycles. The lowest BCUT2D eigenvalue weighted by molar-refractivity contribution is -0.156. The van der Waals surface area contributed by atoms with Gasteiger partial charge in [0.05, 0.1) is 13.2 Å². The summed E-state index contributed by atoms with van der Waals surface area (Å²) < 4.78 is 10.2. The molecule has 0 aromatic heterocycles. The summed E-state index contributed by atoms with van der Waals surface area (Å²) in [5.74, 6) is 3.99. The number of esters is 2. The van der Waals surface area contributed by atoms with Gasteiger partial charge in [0.25, 0.3) is 0 Å². The molecule has 1 aliphatic carbocycles. The van der Waals surface area contributed by atoms with Crippen LogP contribution in [0.15, 0.2) is 35.9 Å². The van der Waals surface area contributed by atoms with Gasteiger partial charge in [0.15, 0.2) is 5.92 Å². The van der Waals surface area contributed by atoms with Gasteiger partial charge < -0.3 is 9.47 Å². The van der Waals surface area contributed by atoms with Gasteiger partial charge in [-0.1, -0.05) is 36.1 Å². The molecule has 0 fully saturated rings. The van der Waals surface area contributed by atoms with E-state index in [2.05, 4.69) is 17.9 Å². The maximum absolute atomic E-state index is 12.3. The van der Waals surface area contributed by atoms with Crippen LogP contribution < -0.4 is 0 Å². The van der Waals surface area contributed by atoms with Crippen LogP contribution in [0.3, 0.4) is 0 Å². The van der Waals surface area contributed by atoms with Crippen molar-refractivity contribution in [1.82, 2.24) is 0 Å². The van der Waals surface area contributed by atoms with Crippen LogP contribution in [0.1, 0.15) is 56.6 Å². The van der Waals surface area contributed by atoms with Gasteiger partial charge in [-0.3, -0.25) is 9.59 Å². The second-order valence-electron chi connectivity index (χ2n) is 5.75. The molecule has 2 rings (SSSR count). The second-order valence-corrected chi connectivity index (χ2v) is 5.75. The van der Waals surface area contributed by atoms with Crippen LogP contribution in [-0.2, 0) is 19.1 Å². The van der Waals surface area contributed by atoms with Gasteiger partial charge in [-0.2, -0.15) is 0 Å². The van der Waals surface area contributed by atoms with Gasteiger partial charge in [-0.25, -0.2) is 0 Å². The van der Waals surface area contributed by atoms with E-state index in [1.807, 2.05) is 12.1 Å². The normalized spacial score (nSPS) is 13.5. The van der Waals surface area contributed by atoms with E-state index in [1.165, 1.54) is 6.42 Å². The number of hydrogen-bond donors (Lipinski definition) is 0. The summed E-state index contributed by atoms with van der Waals surface area (Å²) in [5.41, 5.74) is 2.30. The van der Waals surface area contributed by atoms with Crippen molar-refractivity contribution in [3.05, 3.63) is 47.0 Å². The summed E-state index contributed by atoms with van der Waals surface area (Å²) >= 11 is 0. The lowest BCUT2D eigenvalue weighted by Crippen LogP contribution is -2.27. The van der Waals surface area contributed by atoms with E-state index in [9.17, 15) is 9.59 Å². The number of ether oxygens (including phenoxy) is 2. The van der Waals surface area contributed by atoms with Crippen LogP contribution >= 0.6 is 0 Å². The predicted molar refractivity (Wildman–Crippen MR) is 95.9 cm³/mol. The number of rotatable bonds is 5. The number of benzene rings is 1. The summed E-state index contributed by atoms with van der Waals surface area (Å²) in [4.78, 5) is 24.7. The highest BCUT2D eigenvalue weighted by molar-refractivity contribution is 6.01. The van der Waals surface area contributed by atoms with Crippen molar-refractivity contribution in [2.75, 3.05) is 13.2 Å². The molecular weight excluding hydrogens is 316 g/mol. The highest BCUT2D eigenvalue weighted by Gasteiger charge is 2.32. The van der Waals surface area contributed by atoms with Crippen molar-refractivity contribution >= 4 is 11.9 Å². The first-order valence-electron chi connectivity index (χ1n) is 8.80. The van der Waals surface area contributed by atoms with Gasteiger partial charge in [-0.15, -0.1) is 0 Å². The molecule has 25 heavy (non-hydrogen) atoms. The third kappa shape index (κ3) is 5.22. The van der Waals surface area contributed by atoms with Gasteiger partial charge in [0, 0.05) is 5.56 Å². The van der Waals surface area contributed by atoms with Gasteiger partial charge in [-0.05, 0) is 56.7 Å². The molecule has 0 heterocycles. The quantitative estimate of drug-likeness (QED) is 0.465. The average Bonchev–Trinajstić information content (AvgIpc) is 2.62. The molecule has 0 unspecified atom stereocenters. The van der Waals surface area contributed by atoms with E-state index in [1.54, 1.807) is 26.0 Å². The SMILES string of the molecule is CCOC(=O)C(C(=O)OCC)c1ccccc1C#CC1=CCCCC1. The molecule has 1 aliphatic rings. The fourth-order valence-corrected chi connectivity index (χ4v) is 2.76. The fraction of sp³-hybridized carbons (Fsp3) is 0.429. The largest absolute Gasteiger partial charge is 0.465 e. The van der Waals surface area contributed by atoms with Gasteiger partial charge >= 0.3 is 11.9 Å². The molecule has 0 bridgehead atoms. The zero-order chi connectivity index (χ0) is 18.1. The monoisotopic (exact) mass is 340 g/mol. The molecule has 1 aromatic rings. The third-order valence-corrected chi connectivity index (χ3v) is 3.97. The predicted octanol–water partition coefficient (Wildman–Crippen LogP) is 3.75. The van der Waals surface area contributed by atoms with E-state index in [0.29, 0.717) is 11.1 Å². The molecule has 1 aromatic carbocycles. The topological polar surface area (TPSA) is 52.6 Å². The van der Waals surface area contributed by atoms with Gasteiger partial charge in [0.1, 0.15) is 0 Å². The standard InChI is InChI=1S/C21H24O4/c1-3-24-20(22)19(21(23)25-4-2)18-13-9-8-12-17(18)15-14-16-10-6-5-7-11-16/h8-10,12-13,19H,3-7,11H2,1-2H3. The van der Waals surface area contributed by atoms with E-state index in [0.717, 1.165) is 24.8 Å². The molecule has 0 aliphatic heterocycles. The van der Waals surface area contributed by atoms with Crippen molar-refractivity contribution < 1.29 is 19.1 Å². The Labute approximate surface area is 149 Å². The molecule has 0 amide bonds. The zero-order valence-corrected chi connectivity index (χ0v) is 14.8. The Morgan fingerprint density at radius 2 is 1.72 bits per heavy atom. The second kappa shape index (κ2) is 9.68. The Hall–Kier alpha value is -2.54. The first-order valence-corrected chi connectivity index (χ1v) is 8.80. The number of carbonyl (C=O) groups excluding carboxylic acids is 2. The van der Waals surface area contributed by atoms with Crippen molar-refractivity contribution in [2.24, 2.45) is 0 Å². The Bertz CT molecular complexity index is 688. The Morgan fingerprint density at radius 1 is 1.04 bits per heavy atom. The van der Waals surface area contributed by atoms with Crippen LogP contribution in [0.25, 0.3) is 0 Å². The molecular formula is C21H24O4. The fourth-order valence-electron chi connectivity index (χ4n) is 2.76. The minimum absolute atomic E-state index is 0.204. The van der Waals surface area contributed by atoms with E-state index < -0.39 is 17.9 Å². The van der Waals surface area contributed by atoms with Crippen molar-refractivity contribution in [1.29, 1.82) is 0 Å². The van der Waals surface area contributed by atoms with Crippen LogP contribution in [0.2, 0.25) is 0 Å². The van der Waals surface area contributed by atoms with E-state index >= 15 is 0 Å². The van der Waals surface area contributed by atoms with Gasteiger partial charge in [0.2, 0.25) is 0 Å². The lowest BCUT2D eigenvalue weighted by atomic mass is 9.93. The molecule has 0 saturated carbocycles. The van der Waals surface area contributed by atoms with Crippen molar-refractivity contribution in [3.8, 4) is 11.8 Å². The Balaban J connectivity index is 2.37. The summed E-state index contributed by atoms with van der Waals surface area (Å²) in [6.07, 6.45) is 6.55. The molecule has 0 N–H and O–H groups in total. The van der Waals surface area contributed by atoms with Crippen LogP contribution in [0, 0.1) is 11.8 Å². The Morgan fingerprint density at radius 3 is 2.32 bits per heavy atom. The maximum Gasteiger partial charge on any atom is 0.324 e. The summed E-state index contributed by atoms with van der Waals surface area (Å²) in [6.45, 7) is 3.83. The number of allylic oxidation sites excluding steroid dienone is 2. The van der Waals surface area contributed by atoms with E-state index in [4.69, 9.17) is 9.47 Å². The molecule has 4 nitrogen and oxygen atoms in total. The maximum atomic E-state index is 12.3. The highest BCUT2D eigenvalue weighted by Crippen LogP contribution is 2.24. The van der Waals surface area contributed by atoms with Crippen LogP contribution in [0.5, 0.6) is 0 Å². The molecule has 0 atom stereocenters. The summed E-state index contributed by atoms with van der Waals surface area (Å²) in [7, 11) is 0. The zero-order valence-electron chi connectivity index (χ0n) is 14.8. The smallest absolute Gasteiger partial charge is 0.324 e. The van der Waals surface area contributed by atoms with Crippen molar-refractivity contribution in [3.63, 3.8) is 0 Å². The number of hydrogen-bond acceptors (Lipinski definition) is 4. The molecule has 0 radical (unpaired) electrons. The average molecular weight is 340 g/mol. The first-order chi connectivity index (χ1) is 12.2. The molecule has 0 spiro atoms. The highest BCUT2D eigenvalue weighted by atomic mass is 16.6. The van der Waals surface area contributed by atoms with Crippen molar-refractivity contribution in [2.45, 2.75) is 45.4 Å². The lowest BCUT2D eigenvalue weighted by Gasteiger charge is -2.16. The van der Waals surface area contributed by atoms with E-state index in [-0.39, 0.29) is 13.2 Å². The molecule has 132 valence electrons. The minimum Gasteiger partial charge on any atom is -0.465 e. The van der Waals surface area contributed by atoms with Crippen LogP contribution in [-0.4, -0.2) is 25.2 Å². The molecule has 4 heteroatoms. The first kappa shape index (κ1) is 18.8. The Kier molecular flexibility index (Phi) is 7.28.